The number of unbranched alkanes of at least 4 members (excludes halogenated alkanes) is 4. The minimum absolute atomic E-state index is 0.0389. The van der Waals surface area contributed by atoms with Gasteiger partial charge in [0.25, 0.3) is 5.56 Å². The van der Waals surface area contributed by atoms with Crippen LogP contribution in [0.15, 0.2) is 98.4 Å². The van der Waals surface area contributed by atoms with Crippen molar-refractivity contribution < 1.29 is 59.6 Å². The fourth-order valence-electron chi connectivity index (χ4n) is 9.25. The molecule has 1 fully saturated rings. The van der Waals surface area contributed by atoms with Crippen LogP contribution in [0.4, 0.5) is 11.4 Å². The molecule has 1 aromatic heterocycles. The van der Waals surface area contributed by atoms with Crippen molar-refractivity contribution in [1.29, 1.82) is 1.43 Å². The summed E-state index contributed by atoms with van der Waals surface area (Å²) in [4.78, 5) is 98.3. The number of carbonyl (C=O) groups is 4. The van der Waals surface area contributed by atoms with E-state index in [1.54, 1.807) is 53.4 Å². The molecule has 0 bridgehead atoms. The van der Waals surface area contributed by atoms with E-state index in [-0.39, 0.29) is 80.7 Å². The first-order valence-electron chi connectivity index (χ1n) is 26.7. The number of carbonyl (C=O) groups excluding carboxylic acids is 4. The summed E-state index contributed by atoms with van der Waals surface area (Å²) in [5, 5.41) is 12.9. The number of benzene rings is 4. The van der Waals surface area contributed by atoms with E-state index in [1.165, 1.54) is 13.1 Å². The van der Waals surface area contributed by atoms with Gasteiger partial charge in [0.15, 0.2) is 0 Å². The van der Waals surface area contributed by atoms with Crippen molar-refractivity contribution in [3.63, 3.8) is 0 Å². The molecule has 0 aliphatic carbocycles. The predicted molar refractivity (Wildman–Crippen MR) is 305 cm³/mol. The Morgan fingerprint density at radius 3 is 1.57 bits per heavy atom. The zero-order valence-corrected chi connectivity index (χ0v) is 48.3. The van der Waals surface area contributed by atoms with Crippen molar-refractivity contribution in [3.05, 3.63) is 105 Å². The number of H-pyrrole nitrogens is 1. The number of phosphoric acid groups is 1. The molecule has 6 rings (SSSR count). The number of aryl methyl sites for hydroxylation is 1. The lowest BCUT2D eigenvalue weighted by Crippen LogP contribution is -2.48. The summed E-state index contributed by atoms with van der Waals surface area (Å²) >= 11 is 0. The lowest BCUT2D eigenvalue weighted by Gasteiger charge is -2.28. The lowest BCUT2D eigenvalue weighted by atomic mass is 10.1. The summed E-state index contributed by atoms with van der Waals surface area (Å²) in [6.07, 6.45) is 0.204. The van der Waals surface area contributed by atoms with Gasteiger partial charge in [0.2, 0.25) is 21.5 Å². The number of rotatable bonds is 30. The molecular weight excluding hydrogens is 1110 g/mol. The molecule has 2 heterocycles. The van der Waals surface area contributed by atoms with E-state index in [1.807, 2.05) is 62.3 Å². The molecule has 81 heavy (non-hydrogen) atoms. The van der Waals surface area contributed by atoms with E-state index in [0.717, 1.165) is 26.7 Å². The maximum atomic E-state index is 13.3. The van der Waals surface area contributed by atoms with Crippen LogP contribution in [-0.2, 0) is 53.1 Å². The maximum absolute atomic E-state index is 13.3. The quantitative estimate of drug-likeness (QED) is 0.0177. The Balaban J connectivity index is 0.972. The molecule has 26 nitrogen and oxygen atoms in total. The van der Waals surface area contributed by atoms with Crippen molar-refractivity contribution in [2.75, 3.05) is 96.9 Å². The number of nitrogens with zero attached hydrogens (tertiary/aromatic N) is 4. The zero-order valence-electron chi connectivity index (χ0n) is 46.8. The maximum Gasteiger partial charge on any atom is 0.469 e. The van der Waals surface area contributed by atoms with Gasteiger partial charge in [0.1, 0.15) is 12.3 Å². The third-order valence-electron chi connectivity index (χ3n) is 13.3. The van der Waals surface area contributed by atoms with Gasteiger partial charge in [-0.05, 0) is 56.9 Å². The minimum Gasteiger partial charge on any atom is -0.377 e. The first-order chi connectivity index (χ1) is 38.9. The first kappa shape index (κ1) is 62.0. The molecule has 4 atom stereocenters. The van der Waals surface area contributed by atoms with Crippen LogP contribution < -0.4 is 51.8 Å². The second-order valence-electron chi connectivity index (χ2n) is 19.7. The van der Waals surface area contributed by atoms with Crippen molar-refractivity contribution in [1.82, 2.24) is 45.2 Å². The van der Waals surface area contributed by atoms with Crippen molar-refractivity contribution in [2.24, 2.45) is 0 Å². The van der Waals surface area contributed by atoms with Crippen LogP contribution in [0, 0.1) is 6.92 Å². The number of ether oxygens (including phenoxy) is 1. The number of fused-ring (bicyclic) bond motifs is 2. The topological polar surface area (TPSA) is 349 Å². The van der Waals surface area contributed by atoms with E-state index in [0.29, 0.717) is 49.3 Å². The third-order valence-corrected chi connectivity index (χ3v) is 16.9. The van der Waals surface area contributed by atoms with Gasteiger partial charge >= 0.3 is 37.1 Å². The molecule has 1 aliphatic rings. The molecule has 1 unspecified atom stereocenters. The Hall–Kier alpha value is -6.59. The van der Waals surface area contributed by atoms with Crippen LogP contribution in [-0.4, -0.2) is 165 Å². The molecule has 4 aromatic carbocycles. The summed E-state index contributed by atoms with van der Waals surface area (Å²) in [7, 11) is -5.16. The fourth-order valence-corrected chi connectivity index (χ4v) is 12.4. The molecule has 5 aromatic rings. The van der Waals surface area contributed by atoms with Gasteiger partial charge in [-0.3, -0.25) is 42.9 Å². The number of aromatic nitrogens is 2. The Kier molecular flexibility index (Phi) is 22.1. The average Bonchev–Trinajstić information content (AvgIpc) is 3.99. The second-order valence-corrected chi connectivity index (χ2v) is 24.4. The van der Waals surface area contributed by atoms with Crippen molar-refractivity contribution in [3.8, 4) is 0 Å². The van der Waals surface area contributed by atoms with Gasteiger partial charge in [-0.15, -0.1) is 0 Å². The molecular formula is C52H72N11O15PS2. The number of anilines is 2. The molecule has 1 aliphatic heterocycles. The Morgan fingerprint density at radius 1 is 0.679 bits per heavy atom. The average molecular weight is 1190 g/mol. The summed E-state index contributed by atoms with van der Waals surface area (Å²) < 4.78 is 90.4. The molecule has 0 spiro atoms. The van der Waals surface area contributed by atoms with E-state index < -0.39 is 81.2 Å². The summed E-state index contributed by atoms with van der Waals surface area (Å²) in [6.45, 7) is 1.38. The number of aromatic amines is 1. The number of hydrogen-bond donors (Lipinski definition) is 9. The highest BCUT2D eigenvalue weighted by atomic mass is 32.2. The normalized spacial score (nSPS) is 16.4. The van der Waals surface area contributed by atoms with Crippen molar-refractivity contribution >= 4 is 84.4 Å². The largest absolute Gasteiger partial charge is 0.469 e. The highest BCUT2D eigenvalue weighted by Crippen LogP contribution is 2.43. The number of sulfonamides is 2. The van der Waals surface area contributed by atoms with Gasteiger partial charge in [-0.2, -0.15) is 0 Å². The number of phosphoric ester groups is 1. The lowest BCUT2D eigenvalue weighted by molar-refractivity contribution is -0.139. The summed E-state index contributed by atoms with van der Waals surface area (Å²) in [6, 6.07) is 21.1. The number of nitrogens with one attached hydrogen (secondary N) is 7. The number of hydrogen-bond acceptors (Lipinski definition) is 17. The van der Waals surface area contributed by atoms with E-state index in [9.17, 15) is 55.1 Å². The van der Waals surface area contributed by atoms with Crippen LogP contribution >= 0.6 is 7.82 Å². The molecule has 4 amide bonds. The summed E-state index contributed by atoms with van der Waals surface area (Å²) in [5.41, 5.74) is 0.420. The molecule has 1 saturated heterocycles. The standard InChI is InChI=1S/C52H72N11O15PS2/c1-35-33-63(52(69)59-47(35)64)46-32-42(78-79(70,71)72)43(77-46)34-62(30-28-55-50(67)48(65)53-24-8-6-10-26-57-80(73,74)44-22-14-16-36-38(44)18-12-20-40(36)60(2)3)31-29-56-51(68)49(66)54-25-9-7-11-27-58-81(75,76)45-23-15-17-37-39(45)19-13-21-41(37)61(4)5/h12-23,33,42-43,46,57-58H,6-11,24-32,34H2,1-5H3,(H,53,65)(H,54,66)(H,55,67)(H,56,68)(H,59,64,69)(H2,70,71,72)/t42-,43-,46-/m1/s1/i/hT. The fraction of sp³-hybridized carbons (Fsp3) is 0.462. The molecule has 0 saturated carbocycles. The van der Waals surface area contributed by atoms with Gasteiger partial charge in [0, 0.05) is 138 Å². The van der Waals surface area contributed by atoms with Gasteiger partial charge < -0.3 is 45.6 Å². The van der Waals surface area contributed by atoms with E-state index in [2.05, 4.69) is 40.6 Å². The first-order valence-corrected chi connectivity index (χ1v) is 30.7. The Bertz CT molecular complexity index is 3310. The molecule has 29 heteroatoms. The molecule has 0 radical (unpaired) electrons. The van der Waals surface area contributed by atoms with Crippen LogP contribution in [0.1, 0.15) is 56.7 Å². The van der Waals surface area contributed by atoms with Crippen LogP contribution in [0.2, 0.25) is 0 Å². The Labute approximate surface area is 471 Å². The monoisotopic (exact) mass is 1190 g/mol. The van der Waals surface area contributed by atoms with Crippen LogP contribution in [0.25, 0.3) is 21.5 Å². The van der Waals surface area contributed by atoms with Crippen LogP contribution in [0.5, 0.6) is 0 Å². The highest BCUT2D eigenvalue weighted by Gasteiger charge is 2.42. The highest BCUT2D eigenvalue weighted by molar-refractivity contribution is 7.90. The van der Waals surface area contributed by atoms with E-state index >= 15 is 0 Å². The van der Waals surface area contributed by atoms with E-state index in [4.69, 9.17) is 10.7 Å². The third kappa shape index (κ3) is 18.0. The molecule has 9 N–H and O–H groups in total. The van der Waals surface area contributed by atoms with Crippen molar-refractivity contribution in [2.45, 2.75) is 80.1 Å². The Morgan fingerprint density at radius 2 is 1.11 bits per heavy atom. The minimum atomic E-state index is -4.97. The van der Waals surface area contributed by atoms with Crippen LogP contribution in [0.3, 0.4) is 0 Å². The summed E-state index contributed by atoms with van der Waals surface area (Å²) in [5.74, 6) is -3.84. The predicted octanol–water partition coefficient (Wildman–Crippen LogP) is 1.11. The van der Waals surface area contributed by atoms with Gasteiger partial charge in [0.05, 0.1) is 15.9 Å². The SMILES string of the molecule is [3H]OP(=O)(O)O[C@@H]1C[C@H](n2cc(C)c(=O)[nH]c2=O)O[C@@H]1CN(CCNC(=O)C(=O)NCCCCCNS(=O)(=O)c1cccc2c(N(C)C)cccc12)CCNC(=O)C(=O)NCCCCCNS(=O)(=O)c1cccc2c(N(C)C)cccc12. The number of amides is 4. The second kappa shape index (κ2) is 28.9. The smallest absolute Gasteiger partial charge is 0.377 e. The zero-order chi connectivity index (χ0) is 59.8. The van der Waals surface area contributed by atoms with Gasteiger partial charge in [-0.25, -0.2) is 35.6 Å². The molecule has 442 valence electrons. The van der Waals surface area contributed by atoms with Gasteiger partial charge in [-0.1, -0.05) is 61.4 Å².